The molecule has 6 rings (SSSR count). The van der Waals surface area contributed by atoms with Crippen molar-refractivity contribution in [3.05, 3.63) is 71.4 Å². The van der Waals surface area contributed by atoms with E-state index in [1.54, 1.807) is 0 Å². The van der Waals surface area contributed by atoms with Crippen LogP contribution in [0.25, 0.3) is 10.9 Å². The summed E-state index contributed by atoms with van der Waals surface area (Å²) in [5.41, 5.74) is 3.90. The first-order chi connectivity index (χ1) is 13.8. The Labute approximate surface area is 163 Å². The molecule has 3 atom stereocenters. The first-order valence-corrected chi connectivity index (χ1v) is 10.1. The highest BCUT2D eigenvalue weighted by Crippen LogP contribution is 2.46. The Balaban J connectivity index is 1.51. The molecule has 2 saturated heterocycles. The zero-order valence-electron chi connectivity index (χ0n) is 15.7. The minimum Gasteiger partial charge on any atom is -0.355 e. The van der Waals surface area contributed by atoms with Crippen LogP contribution < -0.4 is 5.32 Å². The largest absolute Gasteiger partial charge is 0.355 e. The van der Waals surface area contributed by atoms with Crippen LogP contribution in [-0.4, -0.2) is 34.4 Å². The number of nitrogens with zero attached hydrogens (tertiary/aromatic N) is 1. The molecule has 0 radical (unpaired) electrons. The number of para-hydroxylation sites is 1. The summed E-state index contributed by atoms with van der Waals surface area (Å²) in [6.45, 7) is 1.33. The number of nitrogens with one attached hydrogen (secondary N) is 2. The highest BCUT2D eigenvalue weighted by Gasteiger charge is 2.58. The van der Waals surface area contributed by atoms with Gasteiger partial charge in [-0.1, -0.05) is 48.5 Å². The van der Waals surface area contributed by atoms with E-state index < -0.39 is 5.72 Å². The molecule has 5 heteroatoms. The Morgan fingerprint density at radius 2 is 1.93 bits per heavy atom. The molecule has 2 N–H and O–H groups in total. The number of hydrogen-bond donors (Lipinski definition) is 2. The molecule has 3 aliphatic rings. The summed E-state index contributed by atoms with van der Waals surface area (Å²) in [5, 5.41) is 4.83. The summed E-state index contributed by atoms with van der Waals surface area (Å²) in [5.74, 6) is 0.220. The van der Waals surface area contributed by atoms with E-state index in [4.69, 9.17) is 4.74 Å². The van der Waals surface area contributed by atoms with Gasteiger partial charge in [-0.25, -0.2) is 0 Å². The van der Waals surface area contributed by atoms with E-state index in [0.717, 1.165) is 36.2 Å². The van der Waals surface area contributed by atoms with E-state index in [2.05, 4.69) is 45.5 Å². The molecule has 0 spiro atoms. The van der Waals surface area contributed by atoms with Crippen molar-refractivity contribution in [3.8, 4) is 0 Å². The van der Waals surface area contributed by atoms with Crippen LogP contribution in [-0.2, 0) is 28.3 Å². The number of benzene rings is 2. The number of aromatic amines is 1. The molecular weight excluding hydrogens is 350 g/mol. The van der Waals surface area contributed by atoms with Gasteiger partial charge in [0, 0.05) is 17.4 Å². The second kappa shape index (κ2) is 5.93. The number of amides is 1. The van der Waals surface area contributed by atoms with Crippen molar-refractivity contribution in [2.45, 2.75) is 43.7 Å². The van der Waals surface area contributed by atoms with Gasteiger partial charge in [0.2, 0.25) is 5.91 Å². The second-order valence-electron chi connectivity index (χ2n) is 8.12. The number of carbonyl (C=O) groups excluding carboxylic acids is 1. The summed E-state index contributed by atoms with van der Waals surface area (Å²) >= 11 is 0. The molecule has 0 aliphatic carbocycles. The number of carbonyl (C=O) groups is 1. The van der Waals surface area contributed by atoms with E-state index in [-0.39, 0.29) is 18.0 Å². The molecule has 4 heterocycles. The maximum atomic E-state index is 13.1. The Morgan fingerprint density at radius 3 is 2.82 bits per heavy atom. The van der Waals surface area contributed by atoms with Crippen molar-refractivity contribution in [1.82, 2.24) is 15.2 Å². The molecule has 5 nitrogen and oxygen atoms in total. The van der Waals surface area contributed by atoms with E-state index in [9.17, 15) is 4.79 Å². The summed E-state index contributed by atoms with van der Waals surface area (Å²) in [7, 11) is 0. The standard InChI is InChI=1S/C23H23N3O2/c27-22-19-13-17-16-9-4-5-10-18(16)24-21(17)23(25-19,20-11-6-12-26(20)22)28-14-15-7-2-1-3-8-15/h1-5,7-10,19-20,24-25H,6,11-14H2/t19-,20+,23+/m1/s1. The third-order valence-corrected chi connectivity index (χ3v) is 6.59. The number of ether oxygens (including phenoxy) is 1. The van der Waals surface area contributed by atoms with Gasteiger partial charge in [0.15, 0.2) is 5.72 Å². The number of H-pyrrole nitrogens is 1. The van der Waals surface area contributed by atoms with E-state index >= 15 is 0 Å². The molecule has 2 fully saturated rings. The van der Waals surface area contributed by atoms with Crippen molar-refractivity contribution >= 4 is 16.8 Å². The van der Waals surface area contributed by atoms with E-state index in [1.807, 2.05) is 24.3 Å². The van der Waals surface area contributed by atoms with Gasteiger partial charge < -0.3 is 14.6 Å². The molecular formula is C23H23N3O2. The van der Waals surface area contributed by atoms with Gasteiger partial charge in [-0.3, -0.25) is 10.1 Å². The lowest BCUT2D eigenvalue weighted by Crippen LogP contribution is -2.72. The van der Waals surface area contributed by atoms with Gasteiger partial charge in [-0.2, -0.15) is 0 Å². The molecule has 3 aliphatic heterocycles. The molecule has 28 heavy (non-hydrogen) atoms. The van der Waals surface area contributed by atoms with Gasteiger partial charge in [0.05, 0.1) is 24.4 Å². The van der Waals surface area contributed by atoms with Crippen LogP contribution in [0.15, 0.2) is 54.6 Å². The Hall–Kier alpha value is -2.63. The monoisotopic (exact) mass is 373 g/mol. The quantitative estimate of drug-likeness (QED) is 0.742. The van der Waals surface area contributed by atoms with Crippen LogP contribution in [0.3, 0.4) is 0 Å². The number of hydrogen-bond acceptors (Lipinski definition) is 3. The van der Waals surface area contributed by atoms with Crippen LogP contribution in [0, 0.1) is 0 Å². The Morgan fingerprint density at radius 1 is 1.11 bits per heavy atom. The predicted molar refractivity (Wildman–Crippen MR) is 107 cm³/mol. The smallest absolute Gasteiger partial charge is 0.240 e. The number of piperazine rings is 1. The Bertz CT molecular complexity index is 1060. The fourth-order valence-corrected chi connectivity index (χ4v) is 5.36. The molecule has 2 bridgehead atoms. The third-order valence-electron chi connectivity index (χ3n) is 6.59. The van der Waals surface area contributed by atoms with E-state index in [0.29, 0.717) is 13.0 Å². The fourth-order valence-electron chi connectivity index (χ4n) is 5.36. The maximum absolute atomic E-state index is 13.1. The highest BCUT2D eigenvalue weighted by molar-refractivity contribution is 5.90. The molecule has 1 aromatic heterocycles. The molecule has 0 saturated carbocycles. The van der Waals surface area contributed by atoms with Crippen LogP contribution in [0.5, 0.6) is 0 Å². The summed E-state index contributed by atoms with van der Waals surface area (Å²) in [6, 6.07) is 18.4. The maximum Gasteiger partial charge on any atom is 0.240 e. The van der Waals surface area contributed by atoms with Gasteiger partial charge in [0.25, 0.3) is 0 Å². The van der Waals surface area contributed by atoms with Gasteiger partial charge in [-0.05, 0) is 36.5 Å². The summed E-state index contributed by atoms with van der Waals surface area (Å²) in [6.07, 6.45) is 2.68. The van der Waals surface area contributed by atoms with Gasteiger partial charge >= 0.3 is 0 Å². The number of fused-ring (bicyclic) bond motifs is 8. The number of rotatable bonds is 3. The first kappa shape index (κ1) is 16.3. The second-order valence-corrected chi connectivity index (χ2v) is 8.12. The molecule has 1 amide bonds. The van der Waals surface area contributed by atoms with Crippen LogP contribution >= 0.6 is 0 Å². The topological polar surface area (TPSA) is 57.4 Å². The van der Waals surface area contributed by atoms with Crippen molar-refractivity contribution < 1.29 is 9.53 Å². The lowest BCUT2D eigenvalue weighted by molar-refractivity contribution is -0.183. The average molecular weight is 373 g/mol. The van der Waals surface area contributed by atoms with E-state index in [1.165, 1.54) is 10.9 Å². The lowest BCUT2D eigenvalue weighted by atomic mass is 9.82. The summed E-state index contributed by atoms with van der Waals surface area (Å²) < 4.78 is 6.71. The van der Waals surface area contributed by atoms with Crippen molar-refractivity contribution in [2.75, 3.05) is 6.54 Å². The average Bonchev–Trinajstić information content (AvgIpc) is 3.37. The first-order valence-electron chi connectivity index (χ1n) is 10.1. The van der Waals surface area contributed by atoms with Gasteiger partial charge in [-0.15, -0.1) is 0 Å². The SMILES string of the molecule is O=C1[C@H]2Cc3c([nH]c4ccccc34)[C@](OCc3ccccc3)(N2)[C@@H]2CCCN12. The van der Waals surface area contributed by atoms with Crippen LogP contribution in [0.4, 0.5) is 0 Å². The van der Waals surface area contributed by atoms with Crippen molar-refractivity contribution in [1.29, 1.82) is 0 Å². The predicted octanol–water partition coefficient (Wildman–Crippen LogP) is 3.06. The summed E-state index contributed by atoms with van der Waals surface area (Å²) in [4.78, 5) is 18.8. The lowest BCUT2D eigenvalue weighted by Gasteiger charge is -2.52. The molecule has 3 aromatic rings. The normalized spacial score (nSPS) is 28.4. The van der Waals surface area contributed by atoms with Gasteiger partial charge in [0.1, 0.15) is 0 Å². The fraction of sp³-hybridized carbons (Fsp3) is 0.348. The van der Waals surface area contributed by atoms with Crippen molar-refractivity contribution in [3.63, 3.8) is 0 Å². The third kappa shape index (κ3) is 2.17. The van der Waals surface area contributed by atoms with Crippen LogP contribution in [0.1, 0.15) is 29.7 Å². The van der Waals surface area contributed by atoms with Crippen LogP contribution in [0.2, 0.25) is 0 Å². The molecule has 2 aromatic carbocycles. The minimum absolute atomic E-state index is 0.0204. The minimum atomic E-state index is -0.683. The molecule has 142 valence electrons. The zero-order chi connectivity index (χ0) is 18.7. The zero-order valence-corrected chi connectivity index (χ0v) is 15.7. The Kier molecular flexibility index (Phi) is 3.46. The van der Waals surface area contributed by atoms with Crippen molar-refractivity contribution in [2.24, 2.45) is 0 Å². The molecule has 0 unspecified atom stereocenters. The highest BCUT2D eigenvalue weighted by atomic mass is 16.5. The number of aromatic nitrogens is 1.